The zero-order valence-electron chi connectivity index (χ0n) is 9.48. The molecule has 6 heteroatoms. The van der Waals surface area contributed by atoms with Crippen molar-refractivity contribution < 1.29 is 9.53 Å². The normalized spacial score (nSPS) is 13.3. The molecule has 17 heavy (non-hydrogen) atoms. The van der Waals surface area contributed by atoms with E-state index in [-0.39, 0.29) is 6.61 Å². The summed E-state index contributed by atoms with van der Waals surface area (Å²) in [5, 5.41) is 3.36. The Morgan fingerprint density at radius 3 is 2.76 bits per heavy atom. The van der Waals surface area contributed by atoms with Crippen molar-refractivity contribution in [2.75, 3.05) is 0 Å². The molecule has 0 heterocycles. The number of carbonyl (C=O) groups is 1. The number of hydrogen-bond donors (Lipinski definition) is 1. The van der Waals surface area contributed by atoms with Crippen LogP contribution in [-0.4, -0.2) is 18.1 Å². The number of benzene rings is 1. The summed E-state index contributed by atoms with van der Waals surface area (Å²) in [6, 6.07) is 7.71. The van der Waals surface area contributed by atoms with Gasteiger partial charge >= 0.3 is 5.97 Å². The second-order valence-electron chi connectivity index (χ2n) is 3.56. The second-order valence-corrected chi connectivity index (χ2v) is 3.56. The van der Waals surface area contributed by atoms with Gasteiger partial charge in [0.05, 0.1) is 6.04 Å². The summed E-state index contributed by atoms with van der Waals surface area (Å²) in [6.45, 7) is 1.73. The first kappa shape index (κ1) is 13.0. The highest BCUT2D eigenvalue weighted by atomic mass is 16.5. The number of hydrogen-bond acceptors (Lipinski definition) is 4. The molecule has 0 saturated heterocycles. The quantitative estimate of drug-likeness (QED) is 0.363. The number of esters is 1. The Morgan fingerprint density at radius 2 is 2.18 bits per heavy atom. The summed E-state index contributed by atoms with van der Waals surface area (Å²) in [5.41, 5.74) is 14.7. The van der Waals surface area contributed by atoms with E-state index in [9.17, 15) is 4.79 Å². The Kier molecular flexibility index (Phi) is 5.00. The molecule has 0 fully saturated rings. The molecule has 0 aliphatic heterocycles. The van der Waals surface area contributed by atoms with Crippen LogP contribution >= 0.6 is 0 Å². The smallest absolute Gasteiger partial charge is 0.323 e. The predicted molar refractivity (Wildman–Crippen MR) is 62.8 cm³/mol. The second kappa shape index (κ2) is 6.52. The molecule has 0 radical (unpaired) electrons. The molecule has 1 rings (SSSR count). The van der Waals surface area contributed by atoms with Gasteiger partial charge in [-0.25, -0.2) is 0 Å². The Balaban J connectivity index is 2.47. The van der Waals surface area contributed by atoms with Gasteiger partial charge in [-0.2, -0.15) is 0 Å². The number of nitrogens with zero attached hydrogens (tertiary/aromatic N) is 3. The number of nitrogens with two attached hydrogens (primary N) is 1. The highest BCUT2D eigenvalue weighted by Gasteiger charge is 2.21. The topological polar surface area (TPSA) is 101 Å². The van der Waals surface area contributed by atoms with E-state index in [4.69, 9.17) is 16.0 Å². The van der Waals surface area contributed by atoms with E-state index in [1.807, 2.05) is 30.3 Å². The van der Waals surface area contributed by atoms with Crippen LogP contribution in [0.5, 0.6) is 0 Å². The summed E-state index contributed by atoms with van der Waals surface area (Å²) in [5.74, 6) is -0.575. The highest BCUT2D eigenvalue weighted by Crippen LogP contribution is 2.04. The molecule has 2 atom stereocenters. The average Bonchev–Trinajstić information content (AvgIpc) is 2.36. The zero-order valence-corrected chi connectivity index (χ0v) is 9.48. The molecule has 0 aliphatic rings. The third-order valence-electron chi connectivity index (χ3n) is 2.25. The van der Waals surface area contributed by atoms with Crippen molar-refractivity contribution in [1.29, 1.82) is 0 Å². The van der Waals surface area contributed by atoms with Gasteiger partial charge in [-0.15, -0.1) is 0 Å². The lowest BCUT2D eigenvalue weighted by Gasteiger charge is -2.14. The van der Waals surface area contributed by atoms with Gasteiger partial charge in [0.25, 0.3) is 0 Å². The first-order valence-electron chi connectivity index (χ1n) is 5.15. The Labute approximate surface area is 99.0 Å². The summed E-state index contributed by atoms with van der Waals surface area (Å²) in [6.07, 6.45) is 0. The van der Waals surface area contributed by atoms with Crippen LogP contribution in [0.3, 0.4) is 0 Å². The lowest BCUT2D eigenvalue weighted by molar-refractivity contribution is -0.146. The molecule has 90 valence electrons. The first-order chi connectivity index (χ1) is 8.15. The van der Waals surface area contributed by atoms with Crippen LogP contribution in [0, 0.1) is 0 Å². The lowest BCUT2D eigenvalue weighted by atomic mass is 10.2. The molecule has 0 bridgehead atoms. The first-order valence-corrected chi connectivity index (χ1v) is 5.15. The van der Waals surface area contributed by atoms with Gasteiger partial charge < -0.3 is 10.5 Å². The molecule has 0 aliphatic carbocycles. The van der Waals surface area contributed by atoms with E-state index in [1.54, 1.807) is 6.92 Å². The number of carbonyl (C=O) groups excluding carboxylic acids is 1. The minimum atomic E-state index is -0.936. The summed E-state index contributed by atoms with van der Waals surface area (Å²) >= 11 is 0. The fraction of sp³-hybridized carbons (Fsp3) is 0.364. The van der Waals surface area contributed by atoms with Crippen LogP contribution in [0.2, 0.25) is 0 Å². The van der Waals surface area contributed by atoms with Crippen LogP contribution < -0.4 is 5.73 Å². The van der Waals surface area contributed by atoms with Crippen molar-refractivity contribution in [2.45, 2.75) is 25.6 Å². The zero-order chi connectivity index (χ0) is 12.7. The van der Waals surface area contributed by atoms with Gasteiger partial charge in [-0.3, -0.25) is 4.79 Å². The fourth-order valence-electron chi connectivity index (χ4n) is 1.18. The monoisotopic (exact) mass is 234 g/mol. The maximum atomic E-state index is 11.5. The Morgan fingerprint density at radius 1 is 1.53 bits per heavy atom. The highest BCUT2D eigenvalue weighted by molar-refractivity contribution is 5.76. The maximum absolute atomic E-state index is 11.5. The molecule has 0 aromatic heterocycles. The van der Waals surface area contributed by atoms with Crippen LogP contribution in [-0.2, 0) is 16.1 Å². The average molecular weight is 234 g/mol. The molecule has 0 amide bonds. The van der Waals surface area contributed by atoms with Crippen molar-refractivity contribution in [3.05, 3.63) is 46.3 Å². The molecular formula is C11H14N4O2. The molecule has 1 aromatic carbocycles. The third-order valence-corrected chi connectivity index (χ3v) is 2.25. The van der Waals surface area contributed by atoms with Crippen molar-refractivity contribution in [2.24, 2.45) is 10.8 Å². The van der Waals surface area contributed by atoms with E-state index in [0.717, 1.165) is 5.56 Å². The SMILES string of the molecule is C[C@H](N=[N+]=[N-])[C@H](N)C(=O)OCc1ccccc1. The van der Waals surface area contributed by atoms with Gasteiger partial charge in [-0.05, 0) is 11.1 Å². The number of azide groups is 1. The molecule has 0 spiro atoms. The van der Waals surface area contributed by atoms with Gasteiger partial charge in [0.15, 0.2) is 0 Å². The number of ether oxygens (including phenoxy) is 1. The van der Waals surface area contributed by atoms with E-state index < -0.39 is 18.1 Å². The molecule has 1 aromatic rings. The molecule has 6 nitrogen and oxygen atoms in total. The summed E-state index contributed by atoms with van der Waals surface area (Å²) < 4.78 is 5.01. The molecular weight excluding hydrogens is 220 g/mol. The van der Waals surface area contributed by atoms with E-state index in [0.29, 0.717) is 0 Å². The van der Waals surface area contributed by atoms with Crippen LogP contribution in [0.1, 0.15) is 12.5 Å². The summed E-state index contributed by atoms with van der Waals surface area (Å²) in [7, 11) is 0. The van der Waals surface area contributed by atoms with Crippen LogP contribution in [0.15, 0.2) is 35.4 Å². The van der Waals surface area contributed by atoms with Crippen molar-refractivity contribution in [3.8, 4) is 0 Å². The third kappa shape index (κ3) is 4.14. The Bertz CT molecular complexity index is 415. The van der Waals surface area contributed by atoms with Crippen molar-refractivity contribution in [1.82, 2.24) is 0 Å². The maximum Gasteiger partial charge on any atom is 0.323 e. The summed E-state index contributed by atoms with van der Waals surface area (Å²) in [4.78, 5) is 14.1. The fourth-order valence-corrected chi connectivity index (χ4v) is 1.18. The van der Waals surface area contributed by atoms with Gasteiger partial charge in [-0.1, -0.05) is 42.4 Å². The van der Waals surface area contributed by atoms with Gasteiger partial charge in [0.2, 0.25) is 0 Å². The largest absolute Gasteiger partial charge is 0.460 e. The van der Waals surface area contributed by atoms with Crippen molar-refractivity contribution in [3.63, 3.8) is 0 Å². The lowest BCUT2D eigenvalue weighted by Crippen LogP contribution is -2.40. The predicted octanol–water partition coefficient (Wildman–Crippen LogP) is 1.76. The van der Waals surface area contributed by atoms with E-state index in [1.165, 1.54) is 0 Å². The van der Waals surface area contributed by atoms with Gasteiger partial charge in [0.1, 0.15) is 12.6 Å². The minimum absolute atomic E-state index is 0.163. The van der Waals surface area contributed by atoms with Crippen LogP contribution in [0.4, 0.5) is 0 Å². The standard InChI is InChI=1S/C11H14N4O2/c1-8(14-15-13)10(12)11(16)17-7-9-5-3-2-4-6-9/h2-6,8,10H,7,12H2,1H3/t8-,10-/m0/s1. The van der Waals surface area contributed by atoms with Gasteiger partial charge in [0, 0.05) is 4.91 Å². The van der Waals surface area contributed by atoms with E-state index in [2.05, 4.69) is 10.0 Å². The number of rotatable bonds is 5. The van der Waals surface area contributed by atoms with E-state index >= 15 is 0 Å². The minimum Gasteiger partial charge on any atom is -0.460 e. The molecule has 0 unspecified atom stereocenters. The molecule has 2 N–H and O–H groups in total. The van der Waals surface area contributed by atoms with Crippen molar-refractivity contribution >= 4 is 5.97 Å². The molecule has 0 saturated carbocycles. The Hall–Kier alpha value is -2.04. The van der Waals surface area contributed by atoms with Crippen LogP contribution in [0.25, 0.3) is 10.4 Å².